The summed E-state index contributed by atoms with van der Waals surface area (Å²) in [7, 11) is 0. The molecule has 4 aromatic rings. The molecule has 0 fully saturated rings. The molecule has 9 heteroatoms. The molecule has 0 radical (unpaired) electrons. The number of carbonyl (C=O) groups excluding carboxylic acids is 1. The van der Waals surface area contributed by atoms with Crippen molar-refractivity contribution in [1.82, 2.24) is 19.2 Å². The van der Waals surface area contributed by atoms with Gasteiger partial charge in [-0.2, -0.15) is 0 Å². The van der Waals surface area contributed by atoms with E-state index in [-0.39, 0.29) is 17.2 Å². The number of benzene rings is 2. The highest BCUT2D eigenvalue weighted by Gasteiger charge is 2.17. The largest absolute Gasteiger partial charge is 0.324 e. The molecule has 4 rings (SSSR count). The van der Waals surface area contributed by atoms with Crippen LogP contribution in [-0.4, -0.2) is 37.1 Å². The topological polar surface area (TPSA) is 81.3 Å². The molecule has 0 bridgehead atoms. The Kier molecular flexibility index (Phi) is 5.91. The van der Waals surface area contributed by atoms with Gasteiger partial charge in [0.15, 0.2) is 5.16 Å². The van der Waals surface area contributed by atoms with Gasteiger partial charge in [0.25, 0.3) is 5.56 Å². The van der Waals surface area contributed by atoms with Gasteiger partial charge in [-0.05, 0) is 30.5 Å². The van der Waals surface area contributed by atoms with Crippen LogP contribution in [0.4, 0.5) is 5.69 Å². The zero-order valence-electron chi connectivity index (χ0n) is 16.2. The zero-order valence-corrected chi connectivity index (χ0v) is 17.9. The van der Waals surface area contributed by atoms with E-state index in [4.69, 9.17) is 0 Å². The van der Waals surface area contributed by atoms with Crippen LogP contribution in [-0.2, 0) is 11.3 Å². The first-order valence-electron chi connectivity index (χ1n) is 9.17. The van der Waals surface area contributed by atoms with Gasteiger partial charge in [0, 0.05) is 11.4 Å². The Labute approximate surface area is 181 Å². The first-order valence-corrected chi connectivity index (χ1v) is 11.4. The Hall–Kier alpha value is -3.04. The molecule has 0 aliphatic rings. The summed E-state index contributed by atoms with van der Waals surface area (Å²) in [6, 6.07) is 15.0. The summed E-state index contributed by atoms with van der Waals surface area (Å²) >= 11 is 2.85. The van der Waals surface area contributed by atoms with Gasteiger partial charge in [-0.3, -0.25) is 18.6 Å². The highest BCUT2D eigenvalue weighted by atomic mass is 32.2. The van der Waals surface area contributed by atoms with Gasteiger partial charge in [-0.25, -0.2) is 0 Å². The van der Waals surface area contributed by atoms with E-state index in [0.717, 1.165) is 10.6 Å². The van der Waals surface area contributed by atoms with Crippen molar-refractivity contribution in [3.63, 3.8) is 0 Å². The summed E-state index contributed by atoms with van der Waals surface area (Å²) in [6.07, 6.45) is 3.62. The summed E-state index contributed by atoms with van der Waals surface area (Å²) < 4.78 is 3.34. The molecular formula is C21H19N5O2S2. The number of allylic oxidation sites excluding steroid dienone is 1. The minimum atomic E-state index is -0.145. The number of nitrogens with one attached hydrogen (secondary N) is 1. The number of hydrogen-bond donors (Lipinski definition) is 1. The third-order valence-electron chi connectivity index (χ3n) is 4.50. The molecule has 0 unspecified atom stereocenters. The molecule has 0 aliphatic carbocycles. The number of amides is 1. The van der Waals surface area contributed by atoms with Gasteiger partial charge < -0.3 is 5.32 Å². The Morgan fingerprint density at radius 2 is 1.93 bits per heavy atom. The van der Waals surface area contributed by atoms with Crippen LogP contribution >= 0.6 is 23.5 Å². The molecule has 1 N–H and O–H groups in total. The maximum atomic E-state index is 12.8. The Morgan fingerprint density at radius 1 is 1.17 bits per heavy atom. The fourth-order valence-electron chi connectivity index (χ4n) is 3.19. The fraction of sp³-hybridized carbons (Fsp3) is 0.143. The molecule has 0 atom stereocenters. The van der Waals surface area contributed by atoms with E-state index in [2.05, 4.69) is 22.1 Å². The number of para-hydroxylation sites is 2. The van der Waals surface area contributed by atoms with Crippen molar-refractivity contribution in [2.45, 2.75) is 16.6 Å². The molecule has 7 nitrogen and oxygen atoms in total. The smallest absolute Gasteiger partial charge is 0.263 e. The number of carbonyl (C=O) groups is 1. The van der Waals surface area contributed by atoms with E-state index < -0.39 is 0 Å². The van der Waals surface area contributed by atoms with Gasteiger partial charge in [0.2, 0.25) is 11.7 Å². The first-order chi connectivity index (χ1) is 14.6. The SMILES string of the molecule is C=CCn1c(=O)c2ccccc2n2c(SCC(=O)Nc3ccccc3SC)nnc12. The third-order valence-corrected chi connectivity index (χ3v) is 6.23. The van der Waals surface area contributed by atoms with Crippen LogP contribution in [0.25, 0.3) is 16.7 Å². The summed E-state index contributed by atoms with van der Waals surface area (Å²) in [5, 5.41) is 12.5. The Morgan fingerprint density at radius 3 is 2.73 bits per heavy atom. The van der Waals surface area contributed by atoms with Crippen LogP contribution in [0.3, 0.4) is 0 Å². The van der Waals surface area contributed by atoms with Gasteiger partial charge >= 0.3 is 0 Å². The lowest BCUT2D eigenvalue weighted by atomic mass is 10.2. The quantitative estimate of drug-likeness (QED) is 0.351. The van der Waals surface area contributed by atoms with Crippen LogP contribution in [0, 0.1) is 0 Å². The highest BCUT2D eigenvalue weighted by molar-refractivity contribution is 7.99. The summed E-state index contributed by atoms with van der Waals surface area (Å²) in [4.78, 5) is 26.4. The van der Waals surface area contributed by atoms with E-state index >= 15 is 0 Å². The zero-order chi connectivity index (χ0) is 21.1. The van der Waals surface area contributed by atoms with Crippen molar-refractivity contribution in [2.75, 3.05) is 17.3 Å². The molecule has 152 valence electrons. The molecule has 2 aromatic carbocycles. The Bertz CT molecular complexity index is 1310. The molecule has 2 heterocycles. The molecule has 0 saturated carbocycles. The van der Waals surface area contributed by atoms with Crippen molar-refractivity contribution >= 4 is 51.8 Å². The molecule has 30 heavy (non-hydrogen) atoms. The van der Waals surface area contributed by atoms with E-state index in [9.17, 15) is 9.59 Å². The number of fused-ring (bicyclic) bond motifs is 3. The van der Waals surface area contributed by atoms with E-state index in [1.54, 1.807) is 23.9 Å². The molecule has 1 amide bonds. The van der Waals surface area contributed by atoms with Crippen molar-refractivity contribution < 1.29 is 4.79 Å². The Balaban J connectivity index is 1.66. The van der Waals surface area contributed by atoms with Crippen molar-refractivity contribution in [3.8, 4) is 0 Å². The van der Waals surface area contributed by atoms with Crippen molar-refractivity contribution in [1.29, 1.82) is 0 Å². The van der Waals surface area contributed by atoms with Gasteiger partial charge in [-0.15, -0.1) is 28.5 Å². The van der Waals surface area contributed by atoms with Crippen LogP contribution in [0.2, 0.25) is 0 Å². The number of anilines is 1. The second-order valence-electron chi connectivity index (χ2n) is 6.38. The molecule has 2 aromatic heterocycles. The lowest BCUT2D eigenvalue weighted by molar-refractivity contribution is -0.113. The number of thioether (sulfide) groups is 2. The fourth-order valence-corrected chi connectivity index (χ4v) is 4.48. The van der Waals surface area contributed by atoms with Gasteiger partial charge in [-0.1, -0.05) is 42.1 Å². The predicted molar refractivity (Wildman–Crippen MR) is 123 cm³/mol. The first kappa shape index (κ1) is 20.2. The van der Waals surface area contributed by atoms with Gasteiger partial charge in [0.1, 0.15) is 0 Å². The lowest BCUT2D eigenvalue weighted by Gasteiger charge is -2.10. The number of rotatable bonds is 7. The van der Waals surface area contributed by atoms with Crippen LogP contribution in [0.1, 0.15) is 0 Å². The maximum absolute atomic E-state index is 12.8. The normalized spacial score (nSPS) is 11.1. The second kappa shape index (κ2) is 8.76. The minimum absolute atomic E-state index is 0.137. The van der Waals surface area contributed by atoms with E-state index in [0.29, 0.717) is 28.4 Å². The van der Waals surface area contributed by atoms with Crippen LogP contribution < -0.4 is 10.9 Å². The average Bonchev–Trinajstić information content (AvgIpc) is 3.19. The summed E-state index contributed by atoms with van der Waals surface area (Å²) in [5.74, 6) is 0.453. The molecular weight excluding hydrogens is 418 g/mol. The van der Waals surface area contributed by atoms with Crippen LogP contribution in [0.5, 0.6) is 0 Å². The predicted octanol–water partition coefficient (Wildman–Crippen LogP) is 3.68. The second-order valence-corrected chi connectivity index (χ2v) is 8.17. The summed E-state index contributed by atoms with van der Waals surface area (Å²) in [6.45, 7) is 4.05. The molecule has 0 saturated heterocycles. The molecule has 0 spiro atoms. The van der Waals surface area contributed by atoms with Crippen LogP contribution in [0.15, 0.2) is 76.0 Å². The van der Waals surface area contributed by atoms with Gasteiger partial charge in [0.05, 0.1) is 22.3 Å². The standard InChI is InChI=1S/C21H19N5O2S2/c1-3-12-25-19(28)14-8-4-6-10-16(14)26-20(25)23-24-21(26)30-13-18(27)22-15-9-5-7-11-17(15)29-2/h3-11H,1,12-13H2,2H3,(H,22,27). The van der Waals surface area contributed by atoms with E-state index in [1.165, 1.54) is 16.3 Å². The minimum Gasteiger partial charge on any atom is -0.324 e. The summed E-state index contributed by atoms with van der Waals surface area (Å²) in [5.41, 5.74) is 1.35. The average molecular weight is 438 g/mol. The van der Waals surface area contributed by atoms with Crippen molar-refractivity contribution in [2.24, 2.45) is 0 Å². The lowest BCUT2D eigenvalue weighted by Crippen LogP contribution is -2.22. The number of aromatic nitrogens is 4. The molecule has 0 aliphatic heterocycles. The van der Waals surface area contributed by atoms with E-state index in [1.807, 2.05) is 53.1 Å². The third kappa shape index (κ3) is 3.73. The highest BCUT2D eigenvalue weighted by Crippen LogP contribution is 2.26. The maximum Gasteiger partial charge on any atom is 0.263 e. The van der Waals surface area contributed by atoms with Crippen molar-refractivity contribution in [3.05, 3.63) is 71.5 Å². The number of nitrogens with zero attached hydrogens (tertiary/aromatic N) is 4. The number of hydrogen-bond acceptors (Lipinski definition) is 6. The monoisotopic (exact) mass is 437 g/mol.